The first-order valence-corrected chi connectivity index (χ1v) is 12.9. The van der Waals surface area contributed by atoms with Crippen LogP contribution in [0.5, 0.6) is 0 Å². The largest absolute Gasteiger partial charge is 0.356 e. The number of likely N-dealkylation sites (N-methyl/N-ethyl adjacent to an activating group) is 1. The lowest BCUT2D eigenvalue weighted by molar-refractivity contribution is -0.126. The summed E-state index contributed by atoms with van der Waals surface area (Å²) in [4.78, 5) is 17.3. The second kappa shape index (κ2) is 10.3. The number of carbonyl (C=O) groups is 1. The lowest BCUT2D eigenvalue weighted by Gasteiger charge is -2.33. The fourth-order valence-electron chi connectivity index (χ4n) is 4.11. The first-order chi connectivity index (χ1) is 13.9. The van der Waals surface area contributed by atoms with Crippen LogP contribution in [0.1, 0.15) is 26.2 Å². The number of hydrogen-bond acceptors (Lipinski definition) is 6. The first kappa shape index (κ1) is 22.7. The third kappa shape index (κ3) is 6.01. The SMILES string of the molecule is C[C@@H](C(=O)NCCCN1CCN(C)CC1)C1CCN(S(=O)(=O)c2cccs2)CC1. The topological polar surface area (TPSA) is 73.0 Å². The van der Waals surface area contributed by atoms with E-state index in [1.54, 1.807) is 21.8 Å². The molecule has 0 bridgehead atoms. The van der Waals surface area contributed by atoms with Gasteiger partial charge in [0.1, 0.15) is 4.21 Å². The summed E-state index contributed by atoms with van der Waals surface area (Å²) in [7, 11) is -1.22. The number of amides is 1. The van der Waals surface area contributed by atoms with Crippen molar-refractivity contribution in [2.75, 3.05) is 59.4 Å². The number of piperazine rings is 1. The van der Waals surface area contributed by atoms with Crippen LogP contribution in [0.2, 0.25) is 0 Å². The molecule has 7 nitrogen and oxygen atoms in total. The third-order valence-corrected chi connectivity index (χ3v) is 9.53. The third-order valence-electron chi connectivity index (χ3n) is 6.25. The molecule has 1 N–H and O–H groups in total. The van der Waals surface area contributed by atoms with Crippen molar-refractivity contribution in [3.05, 3.63) is 17.5 Å². The monoisotopic (exact) mass is 442 g/mol. The van der Waals surface area contributed by atoms with Gasteiger partial charge in [-0.2, -0.15) is 4.31 Å². The highest BCUT2D eigenvalue weighted by atomic mass is 32.2. The molecule has 3 heterocycles. The Kier molecular flexibility index (Phi) is 8.09. The molecule has 0 spiro atoms. The minimum absolute atomic E-state index is 0.0785. The first-order valence-electron chi connectivity index (χ1n) is 10.6. The van der Waals surface area contributed by atoms with Crippen LogP contribution in [0, 0.1) is 11.8 Å². The number of rotatable bonds is 8. The van der Waals surface area contributed by atoms with E-state index in [2.05, 4.69) is 22.2 Å². The molecule has 2 fully saturated rings. The molecule has 1 aromatic rings. The summed E-state index contributed by atoms with van der Waals surface area (Å²) in [5.74, 6) is 0.260. The highest BCUT2D eigenvalue weighted by Crippen LogP contribution is 2.29. The molecule has 2 aliphatic rings. The Morgan fingerprint density at radius 2 is 1.90 bits per heavy atom. The van der Waals surface area contributed by atoms with Gasteiger partial charge in [0.05, 0.1) is 0 Å². The molecule has 164 valence electrons. The number of nitrogens with zero attached hydrogens (tertiary/aromatic N) is 3. The molecule has 1 aromatic heterocycles. The van der Waals surface area contributed by atoms with Crippen LogP contribution in [0.3, 0.4) is 0 Å². The zero-order valence-electron chi connectivity index (χ0n) is 17.5. The smallest absolute Gasteiger partial charge is 0.252 e. The summed E-state index contributed by atoms with van der Waals surface area (Å²) in [6.07, 6.45) is 2.45. The van der Waals surface area contributed by atoms with Crippen LogP contribution in [0.15, 0.2) is 21.7 Å². The summed E-state index contributed by atoms with van der Waals surface area (Å²) in [5.41, 5.74) is 0. The molecule has 2 aliphatic heterocycles. The Bertz CT molecular complexity index is 738. The van der Waals surface area contributed by atoms with E-state index < -0.39 is 10.0 Å². The molecular formula is C20H34N4O3S2. The van der Waals surface area contributed by atoms with Crippen LogP contribution in [0.25, 0.3) is 0 Å². The van der Waals surface area contributed by atoms with Crippen LogP contribution in [-0.4, -0.2) is 87.8 Å². The minimum Gasteiger partial charge on any atom is -0.356 e. The van der Waals surface area contributed by atoms with Crippen LogP contribution >= 0.6 is 11.3 Å². The quantitative estimate of drug-likeness (QED) is 0.619. The van der Waals surface area contributed by atoms with Gasteiger partial charge in [0, 0.05) is 51.7 Å². The van der Waals surface area contributed by atoms with E-state index in [-0.39, 0.29) is 17.7 Å². The van der Waals surface area contributed by atoms with Gasteiger partial charge >= 0.3 is 0 Å². The highest BCUT2D eigenvalue weighted by molar-refractivity contribution is 7.91. The maximum absolute atomic E-state index is 12.6. The normalized spacial score (nSPS) is 21.9. The van der Waals surface area contributed by atoms with Gasteiger partial charge in [0.15, 0.2) is 0 Å². The van der Waals surface area contributed by atoms with Gasteiger partial charge in [-0.1, -0.05) is 13.0 Å². The van der Waals surface area contributed by atoms with Crippen molar-refractivity contribution in [3.8, 4) is 0 Å². The van der Waals surface area contributed by atoms with Crippen LogP contribution in [-0.2, 0) is 14.8 Å². The van der Waals surface area contributed by atoms with Crippen molar-refractivity contribution in [3.63, 3.8) is 0 Å². The zero-order chi connectivity index (χ0) is 20.9. The number of sulfonamides is 1. The van der Waals surface area contributed by atoms with Gasteiger partial charge in [-0.3, -0.25) is 4.79 Å². The Hall–Kier alpha value is -1.00. The van der Waals surface area contributed by atoms with E-state index in [0.29, 0.717) is 23.8 Å². The standard InChI is InChI=1S/C20H34N4O3S2/c1-17(20(25)21-8-4-9-23-14-12-22(2)13-15-23)18-6-10-24(11-7-18)29(26,27)19-5-3-16-28-19/h3,5,16-18H,4,6-15H2,1-2H3,(H,21,25)/t17-/m1/s1. The minimum atomic E-state index is -3.38. The Morgan fingerprint density at radius 1 is 1.21 bits per heavy atom. The molecule has 0 aliphatic carbocycles. The maximum atomic E-state index is 12.6. The Balaban J connectivity index is 1.36. The molecule has 0 radical (unpaired) electrons. The molecule has 1 amide bonds. The van der Waals surface area contributed by atoms with Gasteiger partial charge in [-0.05, 0) is 50.2 Å². The van der Waals surface area contributed by atoms with Gasteiger partial charge in [-0.25, -0.2) is 8.42 Å². The lowest BCUT2D eigenvalue weighted by Crippen LogP contribution is -2.45. The van der Waals surface area contributed by atoms with Crippen molar-refractivity contribution >= 4 is 27.3 Å². The van der Waals surface area contributed by atoms with Crippen molar-refractivity contribution < 1.29 is 13.2 Å². The second-order valence-electron chi connectivity index (χ2n) is 8.25. The lowest BCUT2D eigenvalue weighted by atomic mass is 9.85. The van der Waals surface area contributed by atoms with Gasteiger partial charge in [0.2, 0.25) is 5.91 Å². The number of carbonyl (C=O) groups excluding carboxylic acids is 1. The molecule has 0 unspecified atom stereocenters. The van der Waals surface area contributed by atoms with Crippen LogP contribution in [0.4, 0.5) is 0 Å². The second-order valence-corrected chi connectivity index (χ2v) is 11.4. The van der Waals surface area contributed by atoms with E-state index in [1.165, 1.54) is 11.3 Å². The molecule has 29 heavy (non-hydrogen) atoms. The summed E-state index contributed by atoms with van der Waals surface area (Å²) in [6.45, 7) is 9.14. The number of hydrogen-bond donors (Lipinski definition) is 1. The van der Waals surface area contributed by atoms with E-state index in [9.17, 15) is 13.2 Å². The fraction of sp³-hybridized carbons (Fsp3) is 0.750. The average molecular weight is 443 g/mol. The fourth-order valence-corrected chi connectivity index (χ4v) is 6.73. The summed E-state index contributed by atoms with van der Waals surface area (Å²) in [5, 5.41) is 4.87. The number of thiophene rings is 1. The van der Waals surface area contributed by atoms with Gasteiger partial charge in [-0.15, -0.1) is 11.3 Å². The Morgan fingerprint density at radius 3 is 2.52 bits per heavy atom. The van der Waals surface area contributed by atoms with E-state index >= 15 is 0 Å². The highest BCUT2D eigenvalue weighted by Gasteiger charge is 2.33. The number of nitrogens with one attached hydrogen (secondary N) is 1. The van der Waals surface area contributed by atoms with Crippen LogP contribution < -0.4 is 5.32 Å². The summed E-state index contributed by atoms with van der Waals surface area (Å²) >= 11 is 1.26. The zero-order valence-corrected chi connectivity index (χ0v) is 19.2. The molecule has 9 heteroatoms. The van der Waals surface area contributed by atoms with Crippen molar-refractivity contribution in [2.24, 2.45) is 11.8 Å². The Labute approximate surface area is 179 Å². The molecule has 2 saturated heterocycles. The predicted octanol–water partition coefficient (Wildman–Crippen LogP) is 1.54. The molecule has 0 saturated carbocycles. The summed E-state index contributed by atoms with van der Waals surface area (Å²) < 4.78 is 27.2. The van der Waals surface area contributed by atoms with Crippen molar-refractivity contribution in [1.29, 1.82) is 0 Å². The van der Waals surface area contributed by atoms with Crippen molar-refractivity contribution in [1.82, 2.24) is 19.4 Å². The molecule has 1 atom stereocenters. The molecule has 0 aromatic carbocycles. The molecular weight excluding hydrogens is 408 g/mol. The maximum Gasteiger partial charge on any atom is 0.252 e. The van der Waals surface area contributed by atoms with Crippen molar-refractivity contribution in [2.45, 2.75) is 30.4 Å². The number of piperidine rings is 1. The van der Waals surface area contributed by atoms with Gasteiger partial charge < -0.3 is 15.1 Å². The van der Waals surface area contributed by atoms with E-state index in [4.69, 9.17) is 0 Å². The van der Waals surface area contributed by atoms with E-state index in [0.717, 1.165) is 52.0 Å². The average Bonchev–Trinajstić information content (AvgIpc) is 3.28. The molecule has 3 rings (SSSR count). The van der Waals surface area contributed by atoms with Gasteiger partial charge in [0.25, 0.3) is 10.0 Å². The van der Waals surface area contributed by atoms with E-state index in [1.807, 2.05) is 6.92 Å². The summed E-state index contributed by atoms with van der Waals surface area (Å²) in [6, 6.07) is 3.42. The predicted molar refractivity (Wildman–Crippen MR) is 117 cm³/mol.